The third-order valence-corrected chi connectivity index (χ3v) is 2.79. The number of hydrogen-bond acceptors (Lipinski definition) is 7. The lowest BCUT2D eigenvalue weighted by atomic mass is 10.2. The highest BCUT2D eigenvalue weighted by Crippen LogP contribution is 2.31. The van der Waals surface area contributed by atoms with Crippen LogP contribution in [0.2, 0.25) is 0 Å². The summed E-state index contributed by atoms with van der Waals surface area (Å²) in [5, 5.41) is 21.8. The molecule has 0 amide bonds. The second-order valence-corrected chi connectivity index (χ2v) is 4.24. The molecule has 0 aliphatic heterocycles. The summed E-state index contributed by atoms with van der Waals surface area (Å²) in [5.41, 5.74) is 0.262. The van der Waals surface area contributed by atoms with Crippen molar-refractivity contribution in [1.29, 1.82) is 0 Å². The molecule has 0 aliphatic rings. The molecule has 1 aromatic carbocycles. The molecule has 1 heterocycles. The maximum atomic E-state index is 11.1. The van der Waals surface area contributed by atoms with Crippen LogP contribution in [0.15, 0.2) is 36.8 Å². The van der Waals surface area contributed by atoms with Crippen molar-refractivity contribution in [1.82, 2.24) is 9.97 Å². The van der Waals surface area contributed by atoms with Crippen LogP contribution in [0.25, 0.3) is 0 Å². The number of nitro benzene ring substituents is 2. The van der Waals surface area contributed by atoms with E-state index in [0.717, 1.165) is 6.07 Å². The van der Waals surface area contributed by atoms with E-state index in [-0.39, 0.29) is 17.1 Å². The van der Waals surface area contributed by atoms with Gasteiger partial charge in [0.2, 0.25) is 0 Å². The third-order valence-electron chi connectivity index (χ3n) is 2.79. The van der Waals surface area contributed by atoms with E-state index in [1.807, 2.05) is 0 Å². The molecule has 9 nitrogen and oxygen atoms in total. The molecule has 108 valence electrons. The van der Waals surface area contributed by atoms with Gasteiger partial charge in [-0.25, -0.2) is 0 Å². The van der Waals surface area contributed by atoms with Crippen LogP contribution in [-0.2, 0) is 6.54 Å². The van der Waals surface area contributed by atoms with Crippen LogP contribution in [0, 0.1) is 20.2 Å². The van der Waals surface area contributed by atoms with Crippen molar-refractivity contribution in [2.24, 2.45) is 0 Å². The molecule has 1 aromatic heterocycles. The predicted molar refractivity (Wildman–Crippen MR) is 73.9 cm³/mol. The molecule has 2 aromatic rings. The molecular formula is C12H11N5O4. The molecule has 0 spiro atoms. The zero-order valence-corrected chi connectivity index (χ0v) is 11.0. The molecule has 0 bridgehead atoms. The first-order valence-electron chi connectivity index (χ1n) is 5.88. The Hall–Kier alpha value is -3.10. The second-order valence-electron chi connectivity index (χ2n) is 4.24. The number of benzene rings is 1. The number of aromatic nitrogens is 2. The summed E-state index contributed by atoms with van der Waals surface area (Å²) in [7, 11) is 1.64. The van der Waals surface area contributed by atoms with Crippen LogP contribution in [0.4, 0.5) is 17.1 Å². The average Bonchev–Trinajstić information content (AvgIpc) is 2.47. The van der Waals surface area contributed by atoms with Crippen molar-refractivity contribution in [3.8, 4) is 0 Å². The molecule has 2 rings (SSSR count). The van der Waals surface area contributed by atoms with Gasteiger partial charge in [-0.1, -0.05) is 0 Å². The van der Waals surface area contributed by atoms with Crippen LogP contribution in [0.3, 0.4) is 0 Å². The largest absolute Gasteiger partial charge is 0.363 e. The fourth-order valence-corrected chi connectivity index (χ4v) is 1.83. The van der Waals surface area contributed by atoms with Gasteiger partial charge in [-0.2, -0.15) is 0 Å². The third kappa shape index (κ3) is 3.26. The van der Waals surface area contributed by atoms with E-state index >= 15 is 0 Å². The van der Waals surface area contributed by atoms with Crippen molar-refractivity contribution in [2.45, 2.75) is 6.54 Å². The van der Waals surface area contributed by atoms with Gasteiger partial charge >= 0.3 is 0 Å². The number of nitro groups is 2. The fourth-order valence-electron chi connectivity index (χ4n) is 1.83. The quantitative estimate of drug-likeness (QED) is 0.609. The van der Waals surface area contributed by atoms with Gasteiger partial charge in [0, 0.05) is 25.5 Å². The van der Waals surface area contributed by atoms with E-state index in [1.165, 1.54) is 24.5 Å². The number of nitrogens with zero attached hydrogens (tertiary/aromatic N) is 5. The first kappa shape index (κ1) is 14.3. The van der Waals surface area contributed by atoms with Crippen molar-refractivity contribution < 1.29 is 9.85 Å². The van der Waals surface area contributed by atoms with Gasteiger partial charge in [0.15, 0.2) is 0 Å². The van der Waals surface area contributed by atoms with Crippen molar-refractivity contribution in [2.75, 3.05) is 11.9 Å². The van der Waals surface area contributed by atoms with Crippen LogP contribution >= 0.6 is 0 Å². The van der Waals surface area contributed by atoms with E-state index in [2.05, 4.69) is 9.97 Å². The lowest BCUT2D eigenvalue weighted by Gasteiger charge is -2.18. The zero-order chi connectivity index (χ0) is 15.4. The molecule has 0 N–H and O–H groups in total. The maximum Gasteiger partial charge on any atom is 0.299 e. The summed E-state index contributed by atoms with van der Waals surface area (Å²) in [6.07, 6.45) is 4.60. The lowest BCUT2D eigenvalue weighted by Crippen LogP contribution is -2.18. The van der Waals surface area contributed by atoms with Crippen molar-refractivity contribution >= 4 is 17.1 Å². The van der Waals surface area contributed by atoms with Crippen molar-refractivity contribution in [3.05, 3.63) is 62.7 Å². The molecule has 0 radical (unpaired) electrons. The Kier molecular flexibility index (Phi) is 4.02. The molecule has 9 heteroatoms. The Morgan fingerprint density at radius 1 is 1.19 bits per heavy atom. The summed E-state index contributed by atoms with van der Waals surface area (Å²) in [6, 6.07) is 3.53. The molecule has 0 saturated carbocycles. The predicted octanol–water partition coefficient (Wildman–Crippen LogP) is 1.93. The van der Waals surface area contributed by atoms with Gasteiger partial charge in [0.05, 0.1) is 34.3 Å². The first-order valence-corrected chi connectivity index (χ1v) is 5.88. The van der Waals surface area contributed by atoms with Gasteiger partial charge in [0.1, 0.15) is 5.69 Å². The van der Waals surface area contributed by atoms with Gasteiger partial charge in [-0.3, -0.25) is 30.2 Å². The Morgan fingerprint density at radius 2 is 1.95 bits per heavy atom. The summed E-state index contributed by atoms with van der Waals surface area (Å²) < 4.78 is 0. The Labute approximate surface area is 119 Å². The standard InChI is InChI=1S/C12H11N5O4/c1-15(8-9-7-13-4-5-14-9)11-3-2-10(16(18)19)6-12(11)17(20)21/h2-7H,8H2,1H3. The Bertz CT molecular complexity index is 677. The minimum absolute atomic E-state index is 0.274. The van der Waals surface area contributed by atoms with Gasteiger partial charge < -0.3 is 4.90 Å². The monoisotopic (exact) mass is 289 g/mol. The zero-order valence-electron chi connectivity index (χ0n) is 11.0. The van der Waals surface area contributed by atoms with Crippen LogP contribution < -0.4 is 4.90 Å². The van der Waals surface area contributed by atoms with E-state index < -0.39 is 9.85 Å². The Balaban J connectivity index is 2.34. The summed E-state index contributed by atoms with van der Waals surface area (Å²) in [5.74, 6) is 0. The van der Waals surface area contributed by atoms with Crippen LogP contribution in [0.1, 0.15) is 5.69 Å². The number of non-ortho nitro benzene ring substituents is 1. The maximum absolute atomic E-state index is 11.1. The van der Waals surface area contributed by atoms with Gasteiger partial charge in [0.25, 0.3) is 11.4 Å². The minimum atomic E-state index is -0.667. The molecule has 0 atom stereocenters. The van der Waals surface area contributed by atoms with E-state index in [9.17, 15) is 20.2 Å². The normalized spacial score (nSPS) is 10.1. The molecule has 0 unspecified atom stereocenters. The first-order chi connectivity index (χ1) is 9.99. The summed E-state index contributed by atoms with van der Waals surface area (Å²) in [4.78, 5) is 30.1. The van der Waals surface area contributed by atoms with E-state index in [0.29, 0.717) is 12.2 Å². The van der Waals surface area contributed by atoms with E-state index in [4.69, 9.17) is 0 Å². The highest BCUT2D eigenvalue weighted by Gasteiger charge is 2.22. The molecule has 0 aliphatic carbocycles. The number of anilines is 1. The van der Waals surface area contributed by atoms with Crippen LogP contribution in [-0.4, -0.2) is 26.9 Å². The second kappa shape index (κ2) is 5.90. The molecule has 21 heavy (non-hydrogen) atoms. The minimum Gasteiger partial charge on any atom is -0.363 e. The molecule has 0 saturated heterocycles. The highest BCUT2D eigenvalue weighted by molar-refractivity contribution is 5.66. The van der Waals surface area contributed by atoms with E-state index in [1.54, 1.807) is 18.1 Å². The van der Waals surface area contributed by atoms with Crippen molar-refractivity contribution in [3.63, 3.8) is 0 Å². The van der Waals surface area contributed by atoms with Crippen LogP contribution in [0.5, 0.6) is 0 Å². The lowest BCUT2D eigenvalue weighted by molar-refractivity contribution is -0.393. The average molecular weight is 289 g/mol. The topological polar surface area (TPSA) is 115 Å². The SMILES string of the molecule is CN(Cc1cnccn1)c1ccc([N+](=O)[O-])cc1[N+](=O)[O-]. The fraction of sp³-hybridized carbons (Fsp3) is 0.167. The van der Waals surface area contributed by atoms with Gasteiger partial charge in [-0.15, -0.1) is 0 Å². The van der Waals surface area contributed by atoms with Gasteiger partial charge in [-0.05, 0) is 6.07 Å². The molecular weight excluding hydrogens is 278 g/mol. The number of hydrogen-bond donors (Lipinski definition) is 0. The number of rotatable bonds is 5. The highest BCUT2D eigenvalue weighted by atomic mass is 16.6. The smallest absolute Gasteiger partial charge is 0.299 e. The Morgan fingerprint density at radius 3 is 2.52 bits per heavy atom. The summed E-state index contributed by atoms with van der Waals surface area (Å²) in [6.45, 7) is 0.298. The summed E-state index contributed by atoms with van der Waals surface area (Å²) >= 11 is 0. The molecule has 0 fully saturated rings.